The number of hydrogen-bond donors (Lipinski definition) is 0. The minimum atomic E-state index is -0.00941. The Morgan fingerprint density at radius 1 is 0.800 bits per heavy atom. The van der Waals surface area contributed by atoms with Gasteiger partial charge in [0.05, 0.1) is 0 Å². The summed E-state index contributed by atoms with van der Waals surface area (Å²) >= 11 is 0. The molecule has 2 heterocycles. The first-order valence-electron chi connectivity index (χ1n) is 8.32. The van der Waals surface area contributed by atoms with Crippen molar-refractivity contribution in [1.82, 2.24) is 14.8 Å². The Morgan fingerprint density at radius 2 is 1.24 bits per heavy atom. The van der Waals surface area contributed by atoms with Crippen LogP contribution < -0.4 is 4.90 Å². The summed E-state index contributed by atoms with van der Waals surface area (Å²) in [6, 6.07) is 11.0. The Kier molecular flexibility index (Phi) is 4.97. The van der Waals surface area contributed by atoms with Crippen LogP contribution in [0.2, 0.25) is 0 Å². The van der Waals surface area contributed by atoms with E-state index in [9.17, 15) is 9.59 Å². The van der Waals surface area contributed by atoms with Crippen molar-refractivity contribution in [1.29, 1.82) is 0 Å². The quantitative estimate of drug-likeness (QED) is 0.855. The van der Waals surface area contributed by atoms with Crippen LogP contribution in [0.15, 0.2) is 48.8 Å². The second kappa shape index (κ2) is 7.34. The predicted molar refractivity (Wildman–Crippen MR) is 96.8 cm³/mol. The summed E-state index contributed by atoms with van der Waals surface area (Å²) in [7, 11) is 3.94. The van der Waals surface area contributed by atoms with Crippen molar-refractivity contribution in [2.24, 2.45) is 0 Å². The van der Waals surface area contributed by atoms with Gasteiger partial charge in [-0.05, 0) is 36.4 Å². The van der Waals surface area contributed by atoms with Crippen LogP contribution in [-0.4, -0.2) is 66.9 Å². The summed E-state index contributed by atoms with van der Waals surface area (Å²) in [5.41, 5.74) is 2.37. The molecule has 0 unspecified atom stereocenters. The van der Waals surface area contributed by atoms with Crippen LogP contribution in [0.3, 0.4) is 0 Å². The van der Waals surface area contributed by atoms with E-state index in [1.807, 2.05) is 43.3 Å². The Labute approximate surface area is 147 Å². The molecule has 1 fully saturated rings. The number of rotatable bonds is 3. The third kappa shape index (κ3) is 3.79. The fourth-order valence-electron chi connectivity index (χ4n) is 2.87. The smallest absolute Gasteiger partial charge is 0.254 e. The van der Waals surface area contributed by atoms with Gasteiger partial charge in [-0.3, -0.25) is 14.6 Å². The van der Waals surface area contributed by atoms with Gasteiger partial charge < -0.3 is 14.7 Å². The summed E-state index contributed by atoms with van der Waals surface area (Å²) in [4.78, 5) is 34.6. The highest BCUT2D eigenvalue weighted by atomic mass is 16.2. The van der Waals surface area contributed by atoms with E-state index in [-0.39, 0.29) is 11.8 Å². The number of benzene rings is 1. The monoisotopic (exact) mass is 338 g/mol. The van der Waals surface area contributed by atoms with Crippen molar-refractivity contribution in [3.05, 3.63) is 59.9 Å². The van der Waals surface area contributed by atoms with E-state index in [4.69, 9.17) is 0 Å². The van der Waals surface area contributed by atoms with Crippen molar-refractivity contribution in [3.63, 3.8) is 0 Å². The molecular weight excluding hydrogens is 316 g/mol. The van der Waals surface area contributed by atoms with Crippen LogP contribution >= 0.6 is 0 Å². The number of nitrogens with zero attached hydrogens (tertiary/aromatic N) is 4. The number of carbonyl (C=O) groups is 2. The highest BCUT2D eigenvalue weighted by molar-refractivity contribution is 5.96. The van der Waals surface area contributed by atoms with Gasteiger partial charge in [0.2, 0.25) is 0 Å². The van der Waals surface area contributed by atoms with Gasteiger partial charge in [0.25, 0.3) is 11.8 Å². The molecule has 2 aromatic rings. The van der Waals surface area contributed by atoms with Crippen LogP contribution in [0, 0.1) is 0 Å². The summed E-state index contributed by atoms with van der Waals surface area (Å²) in [5.74, 6) is 0.00570. The van der Waals surface area contributed by atoms with Gasteiger partial charge >= 0.3 is 0 Å². The molecule has 1 aromatic heterocycles. The van der Waals surface area contributed by atoms with Gasteiger partial charge in [0.1, 0.15) is 0 Å². The number of anilines is 1. The van der Waals surface area contributed by atoms with E-state index in [1.165, 1.54) is 0 Å². The molecule has 1 saturated heterocycles. The SMILES string of the molecule is CN(C)c1ccc(C(=O)N2CCN(C(=O)c3ccncc3)CC2)cc1. The molecule has 0 saturated carbocycles. The lowest BCUT2D eigenvalue weighted by atomic mass is 10.1. The Hall–Kier alpha value is -2.89. The maximum absolute atomic E-state index is 12.6. The van der Waals surface area contributed by atoms with Crippen molar-refractivity contribution in [2.45, 2.75) is 0 Å². The zero-order valence-corrected chi connectivity index (χ0v) is 14.6. The van der Waals surface area contributed by atoms with E-state index in [0.717, 1.165) is 5.69 Å². The molecule has 0 atom stereocenters. The van der Waals surface area contributed by atoms with Crippen molar-refractivity contribution < 1.29 is 9.59 Å². The Morgan fingerprint density at radius 3 is 1.68 bits per heavy atom. The van der Waals surface area contributed by atoms with E-state index >= 15 is 0 Å². The Bertz CT molecular complexity index is 736. The average Bonchev–Trinajstić information content (AvgIpc) is 2.67. The summed E-state index contributed by atoms with van der Waals surface area (Å²) in [6.45, 7) is 2.18. The second-order valence-corrected chi connectivity index (χ2v) is 6.26. The summed E-state index contributed by atoms with van der Waals surface area (Å²) in [5, 5.41) is 0. The van der Waals surface area contributed by atoms with Gasteiger partial charge in [-0.25, -0.2) is 0 Å². The maximum atomic E-state index is 12.6. The fraction of sp³-hybridized carbons (Fsp3) is 0.316. The number of hydrogen-bond acceptors (Lipinski definition) is 4. The number of carbonyl (C=O) groups excluding carboxylic acids is 2. The van der Waals surface area contributed by atoms with Crippen molar-refractivity contribution >= 4 is 17.5 Å². The predicted octanol–water partition coefficient (Wildman–Crippen LogP) is 1.75. The third-order valence-electron chi connectivity index (χ3n) is 4.41. The molecule has 130 valence electrons. The van der Waals surface area contributed by atoms with Crippen LogP contribution in [0.5, 0.6) is 0 Å². The minimum absolute atomic E-state index is 0.00941. The number of piperazine rings is 1. The summed E-state index contributed by atoms with van der Waals surface area (Å²) in [6.07, 6.45) is 3.23. The van der Waals surface area contributed by atoms with Crippen LogP contribution in [0.4, 0.5) is 5.69 Å². The molecule has 6 nitrogen and oxygen atoms in total. The lowest BCUT2D eigenvalue weighted by Gasteiger charge is -2.35. The molecule has 1 aliphatic rings. The van der Waals surface area contributed by atoms with Crippen LogP contribution in [0.1, 0.15) is 20.7 Å². The van der Waals surface area contributed by atoms with Crippen LogP contribution in [-0.2, 0) is 0 Å². The lowest BCUT2D eigenvalue weighted by Crippen LogP contribution is -2.50. The highest BCUT2D eigenvalue weighted by Crippen LogP contribution is 2.15. The summed E-state index contributed by atoms with van der Waals surface area (Å²) < 4.78 is 0. The maximum Gasteiger partial charge on any atom is 0.254 e. The molecule has 3 rings (SSSR count). The standard InChI is InChI=1S/C19H22N4O2/c1-21(2)17-5-3-15(4-6-17)18(24)22-11-13-23(14-12-22)19(25)16-7-9-20-10-8-16/h3-10H,11-14H2,1-2H3. The highest BCUT2D eigenvalue weighted by Gasteiger charge is 2.25. The van der Waals surface area contributed by atoms with E-state index in [1.54, 1.807) is 34.3 Å². The number of pyridine rings is 1. The van der Waals surface area contributed by atoms with E-state index < -0.39 is 0 Å². The molecular formula is C19H22N4O2. The minimum Gasteiger partial charge on any atom is -0.378 e. The normalized spacial score (nSPS) is 14.3. The molecule has 1 aromatic carbocycles. The van der Waals surface area contributed by atoms with Crippen molar-refractivity contribution in [3.8, 4) is 0 Å². The van der Waals surface area contributed by atoms with E-state index in [2.05, 4.69) is 4.98 Å². The van der Waals surface area contributed by atoms with Gasteiger partial charge in [0, 0.05) is 69.5 Å². The van der Waals surface area contributed by atoms with Crippen LogP contribution in [0.25, 0.3) is 0 Å². The molecule has 0 aliphatic carbocycles. The van der Waals surface area contributed by atoms with E-state index in [0.29, 0.717) is 37.3 Å². The molecule has 0 spiro atoms. The van der Waals surface area contributed by atoms with Gasteiger partial charge in [0.15, 0.2) is 0 Å². The molecule has 0 radical (unpaired) electrons. The fourth-order valence-corrected chi connectivity index (χ4v) is 2.87. The number of aromatic nitrogens is 1. The van der Waals surface area contributed by atoms with Gasteiger partial charge in [-0.1, -0.05) is 0 Å². The molecule has 25 heavy (non-hydrogen) atoms. The largest absolute Gasteiger partial charge is 0.378 e. The first-order valence-corrected chi connectivity index (χ1v) is 8.32. The topological polar surface area (TPSA) is 56.8 Å². The zero-order valence-electron chi connectivity index (χ0n) is 14.6. The second-order valence-electron chi connectivity index (χ2n) is 6.26. The number of amides is 2. The molecule has 1 aliphatic heterocycles. The third-order valence-corrected chi connectivity index (χ3v) is 4.41. The van der Waals surface area contributed by atoms with Gasteiger partial charge in [-0.2, -0.15) is 0 Å². The first kappa shape index (κ1) is 17.0. The zero-order chi connectivity index (χ0) is 17.8. The Balaban J connectivity index is 1.60. The lowest BCUT2D eigenvalue weighted by molar-refractivity contribution is 0.0535. The molecule has 6 heteroatoms. The molecule has 0 bridgehead atoms. The first-order chi connectivity index (χ1) is 12.1. The van der Waals surface area contributed by atoms with Gasteiger partial charge in [-0.15, -0.1) is 0 Å². The molecule has 2 amide bonds. The average molecular weight is 338 g/mol. The molecule has 0 N–H and O–H groups in total. The van der Waals surface area contributed by atoms with Crippen molar-refractivity contribution in [2.75, 3.05) is 45.2 Å².